The highest BCUT2D eigenvalue weighted by Gasteiger charge is 2.19. The van der Waals surface area contributed by atoms with Gasteiger partial charge >= 0.3 is 0 Å². The number of hydrogen-bond acceptors (Lipinski definition) is 3. The lowest BCUT2D eigenvalue weighted by Crippen LogP contribution is -1.91. The molecule has 120 valence electrons. The summed E-state index contributed by atoms with van der Waals surface area (Å²) in [7, 11) is 0. The SMILES string of the molecule is Cc1sc2nc(-c3ccc(Cl)cc3)c(-c3ccc(O)cc3)n2c1C. The Hall–Kier alpha value is -2.30. The third-order valence-electron chi connectivity index (χ3n) is 4.19. The second-order valence-electron chi connectivity index (χ2n) is 5.72. The Morgan fingerprint density at radius 2 is 1.58 bits per heavy atom. The number of thiazole rings is 1. The second-order valence-corrected chi connectivity index (χ2v) is 7.34. The van der Waals surface area contributed by atoms with Gasteiger partial charge in [0.2, 0.25) is 0 Å². The van der Waals surface area contributed by atoms with Crippen molar-refractivity contribution in [2.75, 3.05) is 0 Å². The van der Waals surface area contributed by atoms with Gasteiger partial charge in [-0.05, 0) is 50.2 Å². The van der Waals surface area contributed by atoms with Crippen molar-refractivity contribution in [2.45, 2.75) is 13.8 Å². The van der Waals surface area contributed by atoms with Gasteiger partial charge in [-0.2, -0.15) is 0 Å². The molecule has 2 heterocycles. The molecule has 3 nitrogen and oxygen atoms in total. The number of phenols is 1. The van der Waals surface area contributed by atoms with Gasteiger partial charge < -0.3 is 5.11 Å². The number of rotatable bonds is 2. The van der Waals surface area contributed by atoms with E-state index in [1.165, 1.54) is 10.6 Å². The Bertz CT molecular complexity index is 1030. The lowest BCUT2D eigenvalue weighted by molar-refractivity contribution is 0.475. The van der Waals surface area contributed by atoms with E-state index in [-0.39, 0.29) is 5.75 Å². The zero-order valence-corrected chi connectivity index (χ0v) is 14.8. The number of hydrogen-bond donors (Lipinski definition) is 1. The molecule has 0 radical (unpaired) electrons. The van der Waals surface area contributed by atoms with Gasteiger partial charge in [-0.15, -0.1) is 11.3 Å². The van der Waals surface area contributed by atoms with Crippen molar-refractivity contribution in [2.24, 2.45) is 0 Å². The summed E-state index contributed by atoms with van der Waals surface area (Å²) in [5.41, 5.74) is 5.19. The van der Waals surface area contributed by atoms with Crippen molar-refractivity contribution in [3.8, 4) is 28.3 Å². The van der Waals surface area contributed by atoms with Crippen LogP contribution in [-0.2, 0) is 0 Å². The number of aryl methyl sites for hydroxylation is 2. The summed E-state index contributed by atoms with van der Waals surface area (Å²) in [6, 6.07) is 15.0. The van der Waals surface area contributed by atoms with Gasteiger partial charge in [-0.1, -0.05) is 23.7 Å². The Balaban J connectivity index is 2.04. The van der Waals surface area contributed by atoms with Gasteiger partial charge in [0.15, 0.2) is 4.96 Å². The molecule has 0 fully saturated rings. The predicted molar refractivity (Wildman–Crippen MR) is 100 cm³/mol. The van der Waals surface area contributed by atoms with Gasteiger partial charge in [0.05, 0.1) is 11.4 Å². The first-order valence-corrected chi connectivity index (χ1v) is 8.78. The molecule has 0 amide bonds. The van der Waals surface area contributed by atoms with Crippen LogP contribution in [0.5, 0.6) is 5.75 Å². The van der Waals surface area contributed by atoms with Crippen LogP contribution in [0.2, 0.25) is 5.02 Å². The zero-order chi connectivity index (χ0) is 16.8. The molecule has 2 aromatic carbocycles. The Morgan fingerprint density at radius 1 is 0.958 bits per heavy atom. The van der Waals surface area contributed by atoms with E-state index in [1.807, 2.05) is 36.4 Å². The summed E-state index contributed by atoms with van der Waals surface area (Å²) >= 11 is 7.71. The number of benzene rings is 2. The Kier molecular flexibility index (Phi) is 3.59. The third kappa shape index (κ3) is 2.39. The molecule has 0 bridgehead atoms. The van der Waals surface area contributed by atoms with E-state index in [9.17, 15) is 5.11 Å². The van der Waals surface area contributed by atoms with Gasteiger partial charge in [0, 0.05) is 26.7 Å². The minimum atomic E-state index is 0.255. The molecule has 0 aliphatic heterocycles. The van der Waals surface area contributed by atoms with Crippen molar-refractivity contribution >= 4 is 27.9 Å². The molecular formula is C19H15ClN2OS. The highest BCUT2D eigenvalue weighted by atomic mass is 35.5. The molecule has 24 heavy (non-hydrogen) atoms. The molecule has 0 aliphatic rings. The largest absolute Gasteiger partial charge is 0.508 e. The summed E-state index contributed by atoms with van der Waals surface area (Å²) in [5.74, 6) is 0.255. The van der Waals surface area contributed by atoms with Crippen LogP contribution >= 0.6 is 22.9 Å². The third-order valence-corrected chi connectivity index (χ3v) is 5.50. The first-order chi connectivity index (χ1) is 11.5. The van der Waals surface area contributed by atoms with Crippen molar-refractivity contribution in [3.05, 3.63) is 64.1 Å². The first-order valence-electron chi connectivity index (χ1n) is 7.58. The van der Waals surface area contributed by atoms with Crippen molar-refractivity contribution in [3.63, 3.8) is 0 Å². The quantitative estimate of drug-likeness (QED) is 0.501. The van der Waals surface area contributed by atoms with Crippen LogP contribution in [0.1, 0.15) is 10.6 Å². The Labute approximate surface area is 148 Å². The van der Waals surface area contributed by atoms with E-state index in [2.05, 4.69) is 18.2 Å². The second kappa shape index (κ2) is 5.65. The van der Waals surface area contributed by atoms with E-state index in [0.717, 1.165) is 27.5 Å². The monoisotopic (exact) mass is 354 g/mol. The molecule has 5 heteroatoms. The topological polar surface area (TPSA) is 37.5 Å². The molecule has 4 rings (SSSR count). The fourth-order valence-electron chi connectivity index (χ4n) is 2.84. The van der Waals surface area contributed by atoms with Crippen LogP contribution in [0.3, 0.4) is 0 Å². The van der Waals surface area contributed by atoms with Crippen LogP contribution in [0.15, 0.2) is 48.5 Å². The molecule has 0 spiro atoms. The van der Waals surface area contributed by atoms with E-state index in [0.29, 0.717) is 5.02 Å². The summed E-state index contributed by atoms with van der Waals surface area (Å²) in [6.45, 7) is 4.22. The van der Waals surface area contributed by atoms with Crippen LogP contribution < -0.4 is 0 Å². The summed E-state index contributed by atoms with van der Waals surface area (Å²) < 4.78 is 2.19. The summed E-state index contributed by atoms with van der Waals surface area (Å²) in [4.78, 5) is 7.09. The molecule has 0 saturated heterocycles. The van der Waals surface area contributed by atoms with Crippen LogP contribution in [0.4, 0.5) is 0 Å². The zero-order valence-electron chi connectivity index (χ0n) is 13.2. The summed E-state index contributed by atoms with van der Waals surface area (Å²) in [5, 5.41) is 10.3. The molecule has 1 N–H and O–H groups in total. The minimum absolute atomic E-state index is 0.255. The number of aromatic hydroxyl groups is 1. The normalized spacial score (nSPS) is 11.3. The fraction of sp³-hybridized carbons (Fsp3) is 0.105. The van der Waals surface area contributed by atoms with Crippen molar-refractivity contribution in [1.82, 2.24) is 9.38 Å². The van der Waals surface area contributed by atoms with E-state index in [4.69, 9.17) is 16.6 Å². The average Bonchev–Trinajstić information content (AvgIpc) is 3.06. The molecule has 0 saturated carbocycles. The molecule has 0 aliphatic carbocycles. The molecule has 0 atom stereocenters. The first kappa shape index (κ1) is 15.2. The smallest absolute Gasteiger partial charge is 0.195 e. The Morgan fingerprint density at radius 3 is 2.25 bits per heavy atom. The fourth-order valence-corrected chi connectivity index (χ4v) is 3.94. The van der Waals surface area contributed by atoms with Crippen molar-refractivity contribution in [1.29, 1.82) is 0 Å². The predicted octanol–water partition coefficient (Wildman–Crippen LogP) is 5.71. The molecule has 4 aromatic rings. The minimum Gasteiger partial charge on any atom is -0.508 e. The standard InChI is InChI=1S/C19H15ClN2OS/c1-11-12(2)24-19-21-17(13-3-7-15(20)8-4-13)18(22(11)19)14-5-9-16(23)10-6-14/h3-10,23H,1-2H3. The number of imidazole rings is 1. The van der Waals surface area contributed by atoms with E-state index < -0.39 is 0 Å². The highest BCUT2D eigenvalue weighted by molar-refractivity contribution is 7.17. The number of fused-ring (bicyclic) bond motifs is 1. The number of nitrogens with zero attached hydrogens (tertiary/aromatic N) is 2. The lowest BCUT2D eigenvalue weighted by Gasteiger charge is -2.07. The van der Waals surface area contributed by atoms with Gasteiger partial charge in [-0.25, -0.2) is 4.98 Å². The van der Waals surface area contributed by atoms with Crippen LogP contribution in [-0.4, -0.2) is 14.5 Å². The van der Waals surface area contributed by atoms with Gasteiger partial charge in [-0.3, -0.25) is 4.40 Å². The van der Waals surface area contributed by atoms with Gasteiger partial charge in [0.25, 0.3) is 0 Å². The van der Waals surface area contributed by atoms with Gasteiger partial charge in [0.1, 0.15) is 5.75 Å². The molecule has 2 aromatic heterocycles. The maximum Gasteiger partial charge on any atom is 0.195 e. The number of halogens is 1. The van der Waals surface area contributed by atoms with Crippen LogP contribution in [0.25, 0.3) is 27.5 Å². The number of aromatic nitrogens is 2. The average molecular weight is 355 g/mol. The highest BCUT2D eigenvalue weighted by Crippen LogP contribution is 2.37. The van der Waals surface area contributed by atoms with Crippen LogP contribution in [0, 0.1) is 13.8 Å². The molecule has 0 unspecified atom stereocenters. The van der Waals surface area contributed by atoms with E-state index in [1.54, 1.807) is 23.5 Å². The summed E-state index contributed by atoms with van der Waals surface area (Å²) in [6.07, 6.45) is 0. The van der Waals surface area contributed by atoms with E-state index >= 15 is 0 Å². The van der Waals surface area contributed by atoms with Crippen molar-refractivity contribution < 1.29 is 5.11 Å². The maximum absolute atomic E-state index is 9.61. The number of phenolic OH excluding ortho intramolecular Hbond substituents is 1. The maximum atomic E-state index is 9.61. The lowest BCUT2D eigenvalue weighted by atomic mass is 10.0. The molecular weight excluding hydrogens is 340 g/mol.